The van der Waals surface area contributed by atoms with Gasteiger partial charge < -0.3 is 0 Å². The monoisotopic (exact) mass is 269 g/mol. The van der Waals surface area contributed by atoms with Gasteiger partial charge in [0.2, 0.25) is 0 Å². The van der Waals surface area contributed by atoms with Gasteiger partial charge in [-0.05, 0) is 35.2 Å². The fourth-order valence-corrected chi connectivity index (χ4v) is 1.78. The van der Waals surface area contributed by atoms with E-state index in [0.29, 0.717) is 0 Å². The van der Waals surface area contributed by atoms with Gasteiger partial charge in [0.25, 0.3) is 0 Å². The van der Waals surface area contributed by atoms with Crippen LogP contribution >= 0.6 is 27.7 Å². The summed E-state index contributed by atoms with van der Waals surface area (Å²) in [6, 6.07) is 1.99. The molecule has 14 heavy (non-hydrogen) atoms. The fraction of sp³-hybridized carbons (Fsp3) is 0.222. The third kappa shape index (κ3) is 1.74. The van der Waals surface area contributed by atoms with E-state index in [1.54, 1.807) is 6.20 Å². The molecule has 2 heterocycles. The van der Waals surface area contributed by atoms with Gasteiger partial charge in [-0.3, -0.25) is 0 Å². The predicted octanol–water partition coefficient (Wildman–Crippen LogP) is 2.82. The highest BCUT2D eigenvalue weighted by Crippen LogP contribution is 2.20. The molecule has 2 rings (SSSR count). The molecule has 3 nitrogen and oxygen atoms in total. The smallest absolute Gasteiger partial charge is 0.189 e. The lowest BCUT2D eigenvalue weighted by Gasteiger charge is -2.01. The van der Waals surface area contributed by atoms with Crippen LogP contribution in [0.3, 0.4) is 0 Å². The zero-order valence-corrected chi connectivity index (χ0v) is 10.2. The maximum Gasteiger partial charge on any atom is 0.189 e. The van der Waals surface area contributed by atoms with E-state index in [4.69, 9.17) is 0 Å². The summed E-state index contributed by atoms with van der Waals surface area (Å²) in [5, 5.41) is 1.71. The van der Waals surface area contributed by atoms with Gasteiger partial charge in [0, 0.05) is 16.1 Å². The minimum Gasteiger partial charge on any atom is -0.232 e. The zero-order valence-electron chi connectivity index (χ0n) is 7.78. The molecule has 0 saturated heterocycles. The number of nitrogens with zero attached hydrogens (tertiary/aromatic N) is 3. The van der Waals surface area contributed by atoms with E-state index in [0.717, 1.165) is 26.4 Å². The summed E-state index contributed by atoms with van der Waals surface area (Å²) in [5.41, 5.74) is 1.70. The summed E-state index contributed by atoms with van der Waals surface area (Å²) < 4.78 is 0.991. The maximum atomic E-state index is 4.37. The molecule has 0 aliphatic rings. The van der Waals surface area contributed by atoms with Gasteiger partial charge in [0.05, 0.1) is 5.69 Å². The Hall–Kier alpha value is -0.680. The number of rotatable bonds is 1. The number of hydrogen-bond donors (Lipinski definition) is 0. The molecular weight excluding hydrogens is 262 g/mol. The number of fused-ring (bicyclic) bond motifs is 1. The van der Waals surface area contributed by atoms with Crippen LogP contribution in [0, 0.1) is 6.92 Å². The molecule has 0 unspecified atom stereocenters. The van der Waals surface area contributed by atoms with Crippen molar-refractivity contribution in [2.75, 3.05) is 6.26 Å². The lowest BCUT2D eigenvalue weighted by Crippen LogP contribution is -1.92. The molecule has 0 aliphatic carbocycles. The fourth-order valence-electron chi connectivity index (χ4n) is 1.11. The van der Waals surface area contributed by atoms with Crippen LogP contribution in [0.5, 0.6) is 0 Å². The minimum atomic E-state index is 0.755. The van der Waals surface area contributed by atoms with Crippen LogP contribution in [0.1, 0.15) is 5.69 Å². The highest BCUT2D eigenvalue weighted by molar-refractivity contribution is 9.10. The summed E-state index contributed by atoms with van der Waals surface area (Å²) in [7, 11) is 0. The molecular formula is C9H8BrN3S. The standard InChI is InChI=1S/C9H8BrN3S/c1-5-7(10)3-6-4-11-9(14-2)13-8(6)12-5/h3-4H,1-2H3. The van der Waals surface area contributed by atoms with Gasteiger partial charge in [-0.25, -0.2) is 15.0 Å². The number of halogens is 1. The average molecular weight is 270 g/mol. The first-order valence-electron chi connectivity index (χ1n) is 4.04. The van der Waals surface area contributed by atoms with Crippen LogP contribution < -0.4 is 0 Å². The molecule has 0 atom stereocenters. The van der Waals surface area contributed by atoms with E-state index in [1.807, 2.05) is 19.2 Å². The van der Waals surface area contributed by atoms with Crippen LogP contribution in [-0.2, 0) is 0 Å². The Labute approximate surface area is 94.5 Å². The normalized spacial score (nSPS) is 10.8. The average Bonchev–Trinajstić information content (AvgIpc) is 2.19. The van der Waals surface area contributed by atoms with Crippen molar-refractivity contribution in [2.24, 2.45) is 0 Å². The molecule has 0 spiro atoms. The summed E-state index contributed by atoms with van der Waals surface area (Å²) in [4.78, 5) is 12.9. The Morgan fingerprint density at radius 1 is 1.36 bits per heavy atom. The topological polar surface area (TPSA) is 38.7 Å². The predicted molar refractivity (Wildman–Crippen MR) is 61.6 cm³/mol. The highest BCUT2D eigenvalue weighted by Gasteiger charge is 2.03. The number of aromatic nitrogens is 3. The molecule has 72 valence electrons. The molecule has 0 N–H and O–H groups in total. The maximum absolute atomic E-state index is 4.37. The first kappa shape index (κ1) is 9.86. The highest BCUT2D eigenvalue weighted by atomic mass is 79.9. The summed E-state index contributed by atoms with van der Waals surface area (Å²) >= 11 is 4.95. The molecule has 0 aromatic carbocycles. The molecule has 0 amide bonds. The Morgan fingerprint density at radius 2 is 2.14 bits per heavy atom. The van der Waals surface area contributed by atoms with Crippen molar-refractivity contribution >= 4 is 38.7 Å². The zero-order chi connectivity index (χ0) is 10.1. The molecule has 2 aromatic rings. The molecule has 0 bridgehead atoms. The minimum absolute atomic E-state index is 0.755. The number of aryl methyl sites for hydroxylation is 1. The lowest BCUT2D eigenvalue weighted by molar-refractivity contribution is 0.985. The second-order valence-corrected chi connectivity index (χ2v) is 4.45. The second kappa shape index (κ2) is 3.82. The second-order valence-electron chi connectivity index (χ2n) is 2.83. The number of thioether (sulfide) groups is 1. The quantitative estimate of drug-likeness (QED) is 0.590. The third-order valence-electron chi connectivity index (χ3n) is 1.86. The van der Waals surface area contributed by atoms with Gasteiger partial charge in [-0.2, -0.15) is 0 Å². The van der Waals surface area contributed by atoms with Crippen molar-refractivity contribution in [2.45, 2.75) is 12.1 Å². The Morgan fingerprint density at radius 3 is 2.86 bits per heavy atom. The molecule has 0 aliphatic heterocycles. The summed E-state index contributed by atoms with van der Waals surface area (Å²) in [6.45, 7) is 1.95. The van der Waals surface area contributed by atoms with Gasteiger partial charge >= 0.3 is 0 Å². The van der Waals surface area contributed by atoms with Crippen LogP contribution in [-0.4, -0.2) is 21.2 Å². The van der Waals surface area contributed by atoms with Gasteiger partial charge in [-0.1, -0.05) is 11.8 Å². The van der Waals surface area contributed by atoms with E-state index < -0.39 is 0 Å². The van der Waals surface area contributed by atoms with Crippen LogP contribution in [0.4, 0.5) is 0 Å². The molecule has 5 heteroatoms. The Kier molecular flexibility index (Phi) is 2.69. The Bertz CT molecular complexity index is 487. The van der Waals surface area contributed by atoms with Crippen molar-refractivity contribution in [1.29, 1.82) is 0 Å². The van der Waals surface area contributed by atoms with Gasteiger partial charge in [0.15, 0.2) is 10.8 Å². The summed E-state index contributed by atoms with van der Waals surface area (Å²) in [6.07, 6.45) is 3.75. The Balaban J connectivity index is 2.70. The van der Waals surface area contributed by atoms with Crippen LogP contribution in [0.15, 0.2) is 21.9 Å². The van der Waals surface area contributed by atoms with E-state index in [-0.39, 0.29) is 0 Å². The number of hydrogen-bond acceptors (Lipinski definition) is 4. The molecule has 0 radical (unpaired) electrons. The van der Waals surface area contributed by atoms with Crippen molar-refractivity contribution in [3.05, 3.63) is 22.4 Å². The summed E-state index contributed by atoms with van der Waals surface area (Å²) in [5.74, 6) is 0. The molecule has 0 saturated carbocycles. The van der Waals surface area contributed by atoms with Crippen molar-refractivity contribution in [3.63, 3.8) is 0 Å². The van der Waals surface area contributed by atoms with E-state index >= 15 is 0 Å². The third-order valence-corrected chi connectivity index (χ3v) is 3.22. The lowest BCUT2D eigenvalue weighted by atomic mass is 10.3. The van der Waals surface area contributed by atoms with Crippen molar-refractivity contribution < 1.29 is 0 Å². The SMILES string of the molecule is CSc1ncc2cc(Br)c(C)nc2n1. The van der Waals surface area contributed by atoms with E-state index in [2.05, 4.69) is 30.9 Å². The van der Waals surface area contributed by atoms with Gasteiger partial charge in [0.1, 0.15) is 0 Å². The van der Waals surface area contributed by atoms with Crippen LogP contribution in [0.2, 0.25) is 0 Å². The first-order chi connectivity index (χ1) is 6.70. The molecule has 2 aromatic heterocycles. The first-order valence-corrected chi connectivity index (χ1v) is 6.06. The van der Waals surface area contributed by atoms with Crippen LogP contribution in [0.25, 0.3) is 11.0 Å². The van der Waals surface area contributed by atoms with E-state index in [9.17, 15) is 0 Å². The number of pyridine rings is 1. The van der Waals surface area contributed by atoms with Crippen molar-refractivity contribution in [3.8, 4) is 0 Å². The largest absolute Gasteiger partial charge is 0.232 e. The van der Waals surface area contributed by atoms with Gasteiger partial charge in [-0.15, -0.1) is 0 Å². The molecule has 0 fully saturated rings. The van der Waals surface area contributed by atoms with Crippen molar-refractivity contribution in [1.82, 2.24) is 15.0 Å². The van der Waals surface area contributed by atoms with E-state index in [1.165, 1.54) is 11.8 Å².